The third kappa shape index (κ3) is 6.80. The summed E-state index contributed by atoms with van der Waals surface area (Å²) in [7, 11) is 2.25. The Labute approximate surface area is 444 Å². The zero-order chi connectivity index (χ0) is 51.4. The number of hydrogen-bond donors (Lipinski definition) is 0. The molecule has 5 heterocycles. The van der Waals surface area contributed by atoms with Crippen LogP contribution in [0.1, 0.15) is 52.7 Å². The third-order valence-corrected chi connectivity index (χ3v) is 16.5. The predicted molar refractivity (Wildman–Crippen MR) is 315 cm³/mol. The van der Waals surface area contributed by atoms with E-state index in [0.717, 1.165) is 112 Å². The van der Waals surface area contributed by atoms with Crippen LogP contribution in [-0.4, -0.2) is 18.0 Å². The van der Waals surface area contributed by atoms with E-state index in [2.05, 4.69) is 247 Å². The van der Waals surface area contributed by atoms with Crippen LogP contribution in [0.3, 0.4) is 0 Å². The normalized spacial score (nSPS) is 13.6. The van der Waals surface area contributed by atoms with E-state index in [1.807, 2.05) is 0 Å². The Morgan fingerprint density at radius 2 is 0.632 bits per heavy atom. The zero-order valence-corrected chi connectivity index (χ0v) is 43.7. The first-order valence-electron chi connectivity index (χ1n) is 26.6. The molecule has 0 N–H and O–H groups in total. The molecule has 0 aliphatic carbocycles. The second-order valence-electron chi connectivity index (χ2n) is 23.3. The number of benzene rings is 10. The van der Waals surface area contributed by atoms with Crippen LogP contribution >= 0.6 is 0 Å². The maximum atomic E-state index is 6.76. The number of aromatic nitrogens is 1. The smallest absolute Gasteiger partial charge is 0.260 e. The Morgan fingerprint density at radius 3 is 0.961 bits per heavy atom. The van der Waals surface area contributed by atoms with Crippen LogP contribution in [0.2, 0.25) is 0 Å². The van der Waals surface area contributed by atoms with Gasteiger partial charge in [0.05, 0.1) is 11.0 Å². The minimum absolute atomic E-state index is 0.0248. The Bertz CT molecular complexity index is 3890. The molecule has 0 amide bonds. The molecule has 1 aromatic heterocycles. The van der Waals surface area contributed by atoms with Gasteiger partial charge < -0.3 is 23.5 Å². The van der Waals surface area contributed by atoms with Crippen molar-refractivity contribution < 1.29 is 18.9 Å². The van der Waals surface area contributed by atoms with E-state index in [1.54, 1.807) is 0 Å². The van der Waals surface area contributed by atoms with Crippen molar-refractivity contribution in [2.45, 2.75) is 52.4 Å². The molecule has 0 fully saturated rings. The second kappa shape index (κ2) is 16.2. The summed E-state index contributed by atoms with van der Waals surface area (Å²) >= 11 is 0. The second-order valence-corrected chi connectivity index (χ2v) is 23.3. The quantitative estimate of drug-likeness (QED) is 0.165. The number of para-hydroxylation sites is 4. The predicted octanol–water partition coefficient (Wildman–Crippen LogP) is 14.0. The highest BCUT2D eigenvalue weighted by Crippen LogP contribution is 2.47. The number of nitrogens with zero attached hydrogens (tertiary/aromatic N) is 1. The summed E-state index contributed by atoms with van der Waals surface area (Å²) in [6.45, 7) is 14.0. The molecular weight excluding hydrogens is 928 g/mol. The number of ether oxygens (including phenoxy) is 4. The Morgan fingerprint density at radius 1 is 0.316 bits per heavy atom. The molecule has 5 nitrogen and oxygen atoms in total. The van der Waals surface area contributed by atoms with E-state index in [9.17, 15) is 0 Å². The van der Waals surface area contributed by atoms with Crippen LogP contribution in [0.15, 0.2) is 194 Å². The summed E-state index contributed by atoms with van der Waals surface area (Å²) < 4.78 is 29.5. The molecular formula is C69H53B2NO4. The monoisotopic (exact) mass is 981 g/mol. The lowest BCUT2D eigenvalue weighted by Gasteiger charge is -2.33. The largest absolute Gasteiger partial charge is 0.458 e. The number of aryl methyl sites for hydroxylation is 1. The molecule has 0 atom stereocenters. The van der Waals surface area contributed by atoms with Gasteiger partial charge >= 0.3 is 0 Å². The number of hydrogen-bond acceptors (Lipinski definition) is 4. The maximum absolute atomic E-state index is 6.76. The SMILES string of the molecule is Cn1c2c(-c3cccc(-c4cc5c6c(c4)Oc4ccccc4B6c4ccccc4O5)c3)cc(C(C)(C)C)cc2c2cc(C(C)(C)C)cc(-c3cccc(-c4cc5c6c(c4)Oc4ccccc4B6c4ccccc4O5)c3)c21. The molecule has 76 heavy (non-hydrogen) atoms. The highest BCUT2D eigenvalue weighted by atomic mass is 16.5. The maximum Gasteiger partial charge on any atom is 0.260 e. The highest BCUT2D eigenvalue weighted by Gasteiger charge is 2.42. The molecule has 0 spiro atoms. The van der Waals surface area contributed by atoms with Crippen LogP contribution in [0.4, 0.5) is 0 Å². The Kier molecular flexibility index (Phi) is 9.53. The lowest BCUT2D eigenvalue weighted by Crippen LogP contribution is -2.57. The van der Waals surface area contributed by atoms with Gasteiger partial charge in [-0.25, -0.2) is 0 Å². The minimum Gasteiger partial charge on any atom is -0.458 e. The summed E-state index contributed by atoms with van der Waals surface area (Å²) in [6, 6.07) is 70.3. The fourth-order valence-electron chi connectivity index (χ4n) is 12.7. The minimum atomic E-state index is -0.119. The molecule has 0 unspecified atom stereocenters. The van der Waals surface area contributed by atoms with E-state index in [4.69, 9.17) is 18.9 Å². The zero-order valence-electron chi connectivity index (χ0n) is 43.7. The van der Waals surface area contributed by atoms with Crippen LogP contribution < -0.4 is 51.7 Å². The van der Waals surface area contributed by atoms with Gasteiger partial charge in [-0.2, -0.15) is 0 Å². The molecule has 364 valence electrons. The van der Waals surface area contributed by atoms with Gasteiger partial charge in [-0.15, -0.1) is 0 Å². The van der Waals surface area contributed by atoms with E-state index < -0.39 is 0 Å². The lowest BCUT2D eigenvalue weighted by atomic mass is 9.35. The summed E-state index contributed by atoms with van der Waals surface area (Å²) in [5, 5.41) is 2.49. The fourth-order valence-corrected chi connectivity index (χ4v) is 12.7. The van der Waals surface area contributed by atoms with Crippen molar-refractivity contribution in [2.75, 3.05) is 0 Å². The van der Waals surface area contributed by atoms with Crippen LogP contribution in [0.5, 0.6) is 46.0 Å². The van der Waals surface area contributed by atoms with Gasteiger partial charge in [-0.1, -0.05) is 151 Å². The summed E-state index contributed by atoms with van der Waals surface area (Å²) in [4.78, 5) is 0. The molecule has 10 aromatic carbocycles. The summed E-state index contributed by atoms with van der Waals surface area (Å²) in [6.07, 6.45) is 0. The van der Waals surface area contributed by atoms with Crippen molar-refractivity contribution >= 4 is 68.0 Å². The summed E-state index contributed by atoms with van der Waals surface area (Å²) in [5.74, 6) is 6.87. The molecule has 4 aliphatic rings. The van der Waals surface area contributed by atoms with Gasteiger partial charge in [0.1, 0.15) is 46.0 Å². The fraction of sp³-hybridized carbons (Fsp3) is 0.130. The van der Waals surface area contributed by atoms with Crippen LogP contribution in [0, 0.1) is 0 Å². The van der Waals surface area contributed by atoms with E-state index in [-0.39, 0.29) is 24.3 Å². The van der Waals surface area contributed by atoms with Crippen molar-refractivity contribution in [2.24, 2.45) is 7.05 Å². The number of fused-ring (bicyclic) bond motifs is 11. The first kappa shape index (κ1) is 44.8. The van der Waals surface area contributed by atoms with Crippen molar-refractivity contribution in [1.82, 2.24) is 4.57 Å². The molecule has 15 rings (SSSR count). The summed E-state index contributed by atoms with van der Waals surface area (Å²) in [5.41, 5.74) is 20.5. The standard InChI is InChI=1S/C69H53B2NO4/c1-68(2,3)46-36-48(42-20-16-18-40(30-42)44-32-60-64-61(33-44)74-57-27-13-9-23-53(57)70(64)52-22-8-12-26-56(52)73-60)66-50(38-46)51-39-47(69(4,5)6)37-49(67(51)72(66)7)43-21-17-19-41(31-43)45-34-62-65-63(35-45)76-59-29-15-11-25-55(59)71(65)54-24-10-14-28-58(54)75-62/h8-39H,1-7H3. The first-order valence-corrected chi connectivity index (χ1v) is 26.6. The molecule has 4 aliphatic heterocycles. The van der Waals surface area contributed by atoms with Crippen molar-refractivity contribution in [1.29, 1.82) is 0 Å². The average molecular weight is 982 g/mol. The van der Waals surface area contributed by atoms with E-state index in [1.165, 1.54) is 44.1 Å². The first-order chi connectivity index (χ1) is 36.8. The van der Waals surface area contributed by atoms with Gasteiger partial charge in [0.25, 0.3) is 13.4 Å². The van der Waals surface area contributed by atoms with E-state index >= 15 is 0 Å². The van der Waals surface area contributed by atoms with Gasteiger partial charge in [0, 0.05) is 39.9 Å². The molecule has 0 radical (unpaired) electrons. The van der Waals surface area contributed by atoms with Crippen molar-refractivity contribution in [3.8, 4) is 90.5 Å². The van der Waals surface area contributed by atoms with Crippen molar-refractivity contribution in [3.05, 3.63) is 205 Å². The van der Waals surface area contributed by atoms with Crippen molar-refractivity contribution in [3.63, 3.8) is 0 Å². The van der Waals surface area contributed by atoms with Gasteiger partial charge in [0.15, 0.2) is 0 Å². The average Bonchev–Trinajstić information content (AvgIpc) is 3.72. The third-order valence-electron chi connectivity index (χ3n) is 16.5. The van der Waals surface area contributed by atoms with Gasteiger partial charge in [-0.3, -0.25) is 0 Å². The molecule has 0 saturated heterocycles. The lowest BCUT2D eigenvalue weighted by molar-refractivity contribution is 0.464. The van der Waals surface area contributed by atoms with E-state index in [0.29, 0.717) is 0 Å². The topological polar surface area (TPSA) is 41.9 Å². The van der Waals surface area contributed by atoms with Crippen LogP contribution in [0.25, 0.3) is 66.3 Å². The molecule has 7 heteroatoms. The molecule has 0 saturated carbocycles. The highest BCUT2D eigenvalue weighted by molar-refractivity contribution is 6.99. The Balaban J connectivity index is 0.890. The Hall–Kier alpha value is -8.67. The van der Waals surface area contributed by atoms with Gasteiger partial charge in [-0.05, 0) is 162 Å². The molecule has 0 bridgehead atoms. The van der Waals surface area contributed by atoms with Gasteiger partial charge in [0.2, 0.25) is 0 Å². The number of rotatable bonds is 4. The molecule has 11 aromatic rings. The van der Waals surface area contributed by atoms with Crippen LogP contribution in [-0.2, 0) is 17.9 Å².